The van der Waals surface area contributed by atoms with Gasteiger partial charge >= 0.3 is 0 Å². The zero-order chi connectivity index (χ0) is 17.1. The Hall–Kier alpha value is -2.18. The van der Waals surface area contributed by atoms with Crippen LogP contribution in [0.25, 0.3) is 11.2 Å². The van der Waals surface area contributed by atoms with Crippen molar-refractivity contribution in [3.63, 3.8) is 0 Å². The standard InChI is InChI=1S/C19H19FN4S/c20-17-6-4-15(5-7-17)16-8-11-23(12-9-16)13-14-25-19-22-21-18-3-1-2-10-24(18)19/h1-8,10H,9,11-14H2. The largest absolute Gasteiger partial charge is 0.299 e. The van der Waals surface area contributed by atoms with E-state index >= 15 is 0 Å². The summed E-state index contributed by atoms with van der Waals surface area (Å²) in [6.07, 6.45) is 5.26. The van der Waals surface area contributed by atoms with Gasteiger partial charge < -0.3 is 0 Å². The highest BCUT2D eigenvalue weighted by Crippen LogP contribution is 2.23. The molecule has 0 radical (unpaired) electrons. The van der Waals surface area contributed by atoms with Crippen LogP contribution in [-0.4, -0.2) is 44.9 Å². The van der Waals surface area contributed by atoms with Gasteiger partial charge in [0.25, 0.3) is 0 Å². The second kappa shape index (κ2) is 7.37. The molecule has 0 unspecified atom stereocenters. The zero-order valence-corrected chi connectivity index (χ0v) is 14.6. The third-order valence-electron chi connectivity index (χ3n) is 4.43. The number of aromatic nitrogens is 3. The molecular weight excluding hydrogens is 335 g/mol. The smallest absolute Gasteiger partial charge is 0.195 e. The molecule has 0 atom stereocenters. The topological polar surface area (TPSA) is 33.4 Å². The van der Waals surface area contributed by atoms with Crippen LogP contribution < -0.4 is 0 Å². The molecule has 0 saturated carbocycles. The number of rotatable bonds is 5. The lowest BCUT2D eigenvalue weighted by Crippen LogP contribution is -2.30. The van der Waals surface area contributed by atoms with Gasteiger partial charge in [0.2, 0.25) is 0 Å². The van der Waals surface area contributed by atoms with Crippen molar-refractivity contribution in [1.29, 1.82) is 0 Å². The Morgan fingerprint density at radius 1 is 1.08 bits per heavy atom. The molecule has 1 aliphatic rings. The van der Waals surface area contributed by atoms with Gasteiger partial charge in [0.1, 0.15) is 5.82 Å². The van der Waals surface area contributed by atoms with Crippen LogP contribution in [0, 0.1) is 5.82 Å². The number of pyridine rings is 1. The Balaban J connectivity index is 1.31. The van der Waals surface area contributed by atoms with Gasteiger partial charge in [-0.1, -0.05) is 36.0 Å². The Labute approximate surface area is 150 Å². The van der Waals surface area contributed by atoms with E-state index in [4.69, 9.17) is 0 Å². The lowest BCUT2D eigenvalue weighted by Gasteiger charge is -2.26. The molecule has 3 heterocycles. The number of halogens is 1. The quantitative estimate of drug-likeness (QED) is 0.654. The second-order valence-corrected chi connectivity index (χ2v) is 7.11. The van der Waals surface area contributed by atoms with Gasteiger partial charge in [0.15, 0.2) is 10.8 Å². The predicted molar refractivity (Wildman–Crippen MR) is 99.1 cm³/mol. The van der Waals surface area contributed by atoms with Crippen molar-refractivity contribution in [2.75, 3.05) is 25.4 Å². The van der Waals surface area contributed by atoms with Crippen LogP contribution in [0.2, 0.25) is 0 Å². The first-order valence-corrected chi connectivity index (χ1v) is 9.38. The van der Waals surface area contributed by atoms with Crippen LogP contribution >= 0.6 is 11.8 Å². The summed E-state index contributed by atoms with van der Waals surface area (Å²) in [5.74, 6) is 0.801. The van der Waals surface area contributed by atoms with Crippen molar-refractivity contribution in [3.05, 3.63) is 66.1 Å². The van der Waals surface area contributed by atoms with Gasteiger partial charge in [-0.15, -0.1) is 10.2 Å². The third kappa shape index (κ3) is 3.75. The Kier molecular flexibility index (Phi) is 4.81. The number of nitrogens with zero attached hydrogens (tertiary/aromatic N) is 4. The number of thioether (sulfide) groups is 1. The summed E-state index contributed by atoms with van der Waals surface area (Å²) in [5, 5.41) is 9.37. The highest BCUT2D eigenvalue weighted by Gasteiger charge is 2.13. The van der Waals surface area contributed by atoms with Crippen molar-refractivity contribution in [2.45, 2.75) is 11.6 Å². The van der Waals surface area contributed by atoms with Crippen LogP contribution in [0.1, 0.15) is 12.0 Å². The van der Waals surface area contributed by atoms with Gasteiger partial charge in [-0.3, -0.25) is 9.30 Å². The van der Waals surface area contributed by atoms with E-state index in [1.54, 1.807) is 11.8 Å². The molecule has 1 aliphatic heterocycles. The molecule has 128 valence electrons. The maximum absolute atomic E-state index is 13.0. The van der Waals surface area contributed by atoms with Gasteiger partial charge in [0, 0.05) is 31.6 Å². The molecular formula is C19H19FN4S. The van der Waals surface area contributed by atoms with E-state index in [2.05, 4.69) is 21.2 Å². The first-order chi connectivity index (χ1) is 12.3. The van der Waals surface area contributed by atoms with Crippen molar-refractivity contribution in [2.24, 2.45) is 0 Å². The van der Waals surface area contributed by atoms with E-state index in [1.807, 2.05) is 40.9 Å². The Morgan fingerprint density at radius 2 is 1.96 bits per heavy atom. The molecule has 0 spiro atoms. The van der Waals surface area contributed by atoms with Crippen molar-refractivity contribution >= 4 is 23.0 Å². The Morgan fingerprint density at radius 3 is 2.76 bits per heavy atom. The molecule has 2 aromatic heterocycles. The molecule has 0 N–H and O–H groups in total. The molecule has 4 nitrogen and oxygen atoms in total. The molecule has 0 amide bonds. The van der Waals surface area contributed by atoms with Gasteiger partial charge in [-0.2, -0.15) is 0 Å². The molecule has 3 aromatic rings. The lowest BCUT2D eigenvalue weighted by molar-refractivity contribution is 0.321. The predicted octanol–water partition coefficient (Wildman–Crippen LogP) is 3.75. The van der Waals surface area contributed by atoms with Crippen molar-refractivity contribution in [1.82, 2.24) is 19.5 Å². The van der Waals surface area contributed by atoms with E-state index in [9.17, 15) is 4.39 Å². The summed E-state index contributed by atoms with van der Waals surface area (Å²) in [6, 6.07) is 12.7. The lowest BCUT2D eigenvalue weighted by atomic mass is 9.99. The van der Waals surface area contributed by atoms with Crippen LogP contribution in [-0.2, 0) is 0 Å². The highest BCUT2D eigenvalue weighted by molar-refractivity contribution is 7.99. The summed E-state index contributed by atoms with van der Waals surface area (Å²) < 4.78 is 15.0. The molecule has 6 heteroatoms. The van der Waals surface area contributed by atoms with E-state index in [1.165, 1.54) is 17.7 Å². The van der Waals surface area contributed by atoms with E-state index in [0.717, 1.165) is 48.2 Å². The number of hydrogen-bond acceptors (Lipinski definition) is 4. The minimum absolute atomic E-state index is 0.181. The normalized spacial score (nSPS) is 15.5. The minimum atomic E-state index is -0.181. The molecule has 0 bridgehead atoms. The van der Waals surface area contributed by atoms with Crippen LogP contribution in [0.4, 0.5) is 4.39 Å². The summed E-state index contributed by atoms with van der Waals surface area (Å²) >= 11 is 1.73. The average Bonchev–Trinajstić information content (AvgIpc) is 3.06. The first-order valence-electron chi connectivity index (χ1n) is 8.39. The summed E-state index contributed by atoms with van der Waals surface area (Å²) in [6.45, 7) is 2.98. The molecule has 1 aromatic carbocycles. The second-order valence-electron chi connectivity index (χ2n) is 6.05. The van der Waals surface area contributed by atoms with Crippen LogP contribution in [0.3, 0.4) is 0 Å². The summed E-state index contributed by atoms with van der Waals surface area (Å²) in [7, 11) is 0. The number of benzene rings is 1. The molecule has 25 heavy (non-hydrogen) atoms. The highest BCUT2D eigenvalue weighted by atomic mass is 32.2. The SMILES string of the molecule is Fc1ccc(C2=CCN(CCSc3nnc4ccccn34)CC2)cc1. The molecule has 0 fully saturated rings. The minimum Gasteiger partial charge on any atom is -0.299 e. The van der Waals surface area contributed by atoms with Crippen LogP contribution in [0.15, 0.2) is 59.9 Å². The molecule has 0 saturated heterocycles. The monoisotopic (exact) mass is 354 g/mol. The van der Waals surface area contributed by atoms with E-state index in [0.29, 0.717) is 0 Å². The fraction of sp³-hybridized carbons (Fsp3) is 0.263. The number of fused-ring (bicyclic) bond motifs is 1. The third-order valence-corrected chi connectivity index (χ3v) is 5.35. The van der Waals surface area contributed by atoms with E-state index in [-0.39, 0.29) is 5.82 Å². The van der Waals surface area contributed by atoms with Crippen molar-refractivity contribution < 1.29 is 4.39 Å². The fourth-order valence-electron chi connectivity index (χ4n) is 3.02. The van der Waals surface area contributed by atoms with E-state index < -0.39 is 0 Å². The maximum Gasteiger partial charge on any atom is 0.195 e. The van der Waals surface area contributed by atoms with Crippen molar-refractivity contribution in [3.8, 4) is 0 Å². The van der Waals surface area contributed by atoms with Gasteiger partial charge in [-0.25, -0.2) is 4.39 Å². The number of hydrogen-bond donors (Lipinski definition) is 0. The van der Waals surface area contributed by atoms with Gasteiger partial charge in [0.05, 0.1) is 0 Å². The Bertz CT molecular complexity index is 888. The molecule has 4 rings (SSSR count). The zero-order valence-electron chi connectivity index (χ0n) is 13.8. The summed E-state index contributed by atoms with van der Waals surface area (Å²) in [4.78, 5) is 2.43. The fourth-order valence-corrected chi connectivity index (χ4v) is 3.95. The first kappa shape index (κ1) is 16.3. The maximum atomic E-state index is 13.0. The average molecular weight is 354 g/mol. The molecule has 0 aliphatic carbocycles. The van der Waals surface area contributed by atoms with Crippen LogP contribution in [0.5, 0.6) is 0 Å². The summed E-state index contributed by atoms with van der Waals surface area (Å²) in [5.41, 5.74) is 3.33. The van der Waals surface area contributed by atoms with Gasteiger partial charge in [-0.05, 0) is 41.8 Å².